The minimum Gasteiger partial charge on any atom is -0.455 e. The maximum atomic E-state index is 12.4. The first-order valence-electron chi connectivity index (χ1n) is 8.46. The van der Waals surface area contributed by atoms with Crippen LogP contribution in [0.4, 0.5) is 0 Å². The summed E-state index contributed by atoms with van der Waals surface area (Å²) in [5.41, 5.74) is 2.68. The maximum Gasteiger partial charge on any atom is 0.287 e. The van der Waals surface area contributed by atoms with Crippen molar-refractivity contribution in [3.8, 4) is 0 Å². The van der Waals surface area contributed by atoms with Crippen LogP contribution in [0, 0.1) is 0 Å². The van der Waals surface area contributed by atoms with Gasteiger partial charge in [-0.2, -0.15) is 0 Å². The van der Waals surface area contributed by atoms with E-state index in [1.165, 1.54) is 24.0 Å². The molecule has 0 spiro atoms. The quantitative estimate of drug-likeness (QED) is 0.944. The van der Waals surface area contributed by atoms with Crippen LogP contribution in [0.3, 0.4) is 0 Å². The first-order chi connectivity index (χ1) is 11.3. The normalized spacial score (nSPS) is 18.3. The minimum absolute atomic E-state index is 0.101. The largest absolute Gasteiger partial charge is 0.455 e. The van der Waals surface area contributed by atoms with Gasteiger partial charge in [-0.05, 0) is 62.0 Å². The van der Waals surface area contributed by atoms with Crippen molar-refractivity contribution >= 4 is 5.91 Å². The van der Waals surface area contributed by atoms with E-state index in [0.717, 1.165) is 38.2 Å². The van der Waals surface area contributed by atoms with E-state index in [4.69, 9.17) is 4.42 Å². The van der Waals surface area contributed by atoms with Gasteiger partial charge in [0, 0.05) is 6.04 Å². The lowest BCUT2D eigenvalue weighted by atomic mass is 10.1. The molecule has 2 aromatic rings. The minimum atomic E-state index is -0.101. The molecule has 1 amide bonds. The number of benzene rings is 1. The highest BCUT2D eigenvalue weighted by molar-refractivity contribution is 5.91. The molecule has 23 heavy (non-hydrogen) atoms. The molecule has 1 aromatic heterocycles. The summed E-state index contributed by atoms with van der Waals surface area (Å²) < 4.78 is 5.74. The molecule has 0 atom stereocenters. The number of hydrogen-bond acceptors (Lipinski definition) is 3. The van der Waals surface area contributed by atoms with E-state index in [1.807, 2.05) is 6.07 Å². The van der Waals surface area contributed by atoms with Crippen molar-refractivity contribution in [2.45, 2.75) is 38.3 Å². The number of carbonyl (C=O) groups is 1. The number of carbonyl (C=O) groups excluding carboxylic acids is 1. The molecular weight excluding hydrogens is 288 g/mol. The van der Waals surface area contributed by atoms with Gasteiger partial charge in [0.25, 0.3) is 5.91 Å². The fourth-order valence-corrected chi connectivity index (χ4v) is 3.66. The van der Waals surface area contributed by atoms with Gasteiger partial charge in [-0.15, -0.1) is 0 Å². The van der Waals surface area contributed by atoms with Crippen LogP contribution in [-0.2, 0) is 19.4 Å². The Morgan fingerprint density at radius 3 is 2.48 bits per heavy atom. The van der Waals surface area contributed by atoms with Crippen molar-refractivity contribution < 1.29 is 9.21 Å². The predicted molar refractivity (Wildman–Crippen MR) is 88.3 cm³/mol. The third kappa shape index (κ3) is 3.17. The Labute approximate surface area is 136 Å². The van der Waals surface area contributed by atoms with Crippen LogP contribution in [0.2, 0.25) is 0 Å². The van der Waals surface area contributed by atoms with Crippen LogP contribution in [0.25, 0.3) is 0 Å². The summed E-state index contributed by atoms with van der Waals surface area (Å²) in [5, 5.41) is 3.10. The molecule has 0 bridgehead atoms. The van der Waals surface area contributed by atoms with Gasteiger partial charge in [-0.25, -0.2) is 0 Å². The average Bonchev–Trinajstić information content (AvgIpc) is 3.27. The summed E-state index contributed by atoms with van der Waals surface area (Å²) in [6.07, 6.45) is 4.33. The molecule has 2 aliphatic rings. The van der Waals surface area contributed by atoms with Gasteiger partial charge < -0.3 is 9.73 Å². The van der Waals surface area contributed by atoms with Gasteiger partial charge in [0.05, 0.1) is 6.54 Å². The topological polar surface area (TPSA) is 45.5 Å². The first kappa shape index (κ1) is 14.5. The zero-order chi connectivity index (χ0) is 15.6. The van der Waals surface area contributed by atoms with Crippen LogP contribution in [0.5, 0.6) is 0 Å². The fraction of sp³-hybridized carbons (Fsp3) is 0.421. The van der Waals surface area contributed by atoms with Crippen molar-refractivity contribution in [2.75, 3.05) is 13.1 Å². The smallest absolute Gasteiger partial charge is 0.287 e. The second kappa shape index (κ2) is 6.20. The van der Waals surface area contributed by atoms with Gasteiger partial charge in [0.1, 0.15) is 5.76 Å². The van der Waals surface area contributed by atoms with Crippen molar-refractivity contribution in [1.82, 2.24) is 10.2 Å². The molecule has 120 valence electrons. The Hall–Kier alpha value is -2.07. The number of amides is 1. The predicted octanol–water partition coefficient (Wildman–Crippen LogP) is 2.77. The summed E-state index contributed by atoms with van der Waals surface area (Å²) in [4.78, 5) is 14.8. The molecule has 1 aliphatic carbocycles. The molecule has 4 rings (SSSR count). The lowest BCUT2D eigenvalue weighted by molar-refractivity contribution is 0.0907. The monoisotopic (exact) mass is 310 g/mol. The molecule has 0 unspecified atom stereocenters. The van der Waals surface area contributed by atoms with Crippen molar-refractivity contribution in [3.05, 3.63) is 59.0 Å². The summed E-state index contributed by atoms with van der Waals surface area (Å²) >= 11 is 0. The van der Waals surface area contributed by atoms with Gasteiger partial charge in [0.2, 0.25) is 0 Å². The lowest BCUT2D eigenvalue weighted by Gasteiger charge is -2.12. The van der Waals surface area contributed by atoms with Crippen LogP contribution in [0.1, 0.15) is 40.3 Å². The standard InChI is InChI=1S/C19H22N2O2/c22-19(20-16-11-14-5-1-2-6-15(14)12-16)18-8-7-17(23-18)13-21-9-3-4-10-21/h1-2,5-8,16H,3-4,9-13H2,(H,20,22). The summed E-state index contributed by atoms with van der Waals surface area (Å²) in [6, 6.07) is 12.3. The van der Waals surface area contributed by atoms with Crippen molar-refractivity contribution in [2.24, 2.45) is 0 Å². The number of rotatable bonds is 4. The van der Waals surface area contributed by atoms with Gasteiger partial charge in [0.15, 0.2) is 5.76 Å². The Morgan fingerprint density at radius 2 is 1.78 bits per heavy atom. The van der Waals surface area contributed by atoms with Crippen molar-refractivity contribution in [1.29, 1.82) is 0 Å². The van der Waals surface area contributed by atoms with E-state index in [1.54, 1.807) is 6.07 Å². The van der Waals surface area contributed by atoms with E-state index in [0.29, 0.717) is 5.76 Å². The first-order valence-corrected chi connectivity index (χ1v) is 8.46. The van der Waals surface area contributed by atoms with Gasteiger partial charge in [-0.3, -0.25) is 9.69 Å². The zero-order valence-electron chi connectivity index (χ0n) is 13.3. The fourth-order valence-electron chi connectivity index (χ4n) is 3.66. The number of nitrogens with one attached hydrogen (secondary N) is 1. The third-order valence-corrected chi connectivity index (χ3v) is 4.85. The second-order valence-electron chi connectivity index (χ2n) is 6.60. The second-order valence-corrected chi connectivity index (χ2v) is 6.60. The Balaban J connectivity index is 1.35. The van der Waals surface area contributed by atoms with Gasteiger partial charge in [-0.1, -0.05) is 24.3 Å². The summed E-state index contributed by atoms with van der Waals surface area (Å²) in [6.45, 7) is 3.06. The number of furan rings is 1. The maximum absolute atomic E-state index is 12.4. The molecule has 4 nitrogen and oxygen atoms in total. The highest BCUT2D eigenvalue weighted by Gasteiger charge is 2.24. The molecular formula is C19H22N2O2. The van der Waals surface area contributed by atoms with Crippen LogP contribution in [-0.4, -0.2) is 29.9 Å². The van der Waals surface area contributed by atoms with E-state index in [2.05, 4.69) is 34.5 Å². The zero-order valence-corrected chi connectivity index (χ0v) is 13.3. The van der Waals surface area contributed by atoms with Crippen LogP contribution in [0.15, 0.2) is 40.8 Å². The number of likely N-dealkylation sites (tertiary alicyclic amines) is 1. The SMILES string of the molecule is O=C(NC1Cc2ccccc2C1)c1ccc(CN2CCCC2)o1. The molecule has 0 radical (unpaired) electrons. The lowest BCUT2D eigenvalue weighted by Crippen LogP contribution is -2.35. The summed E-state index contributed by atoms with van der Waals surface area (Å²) in [5.74, 6) is 1.21. The number of hydrogen-bond donors (Lipinski definition) is 1. The molecule has 1 N–H and O–H groups in total. The molecule has 1 aromatic carbocycles. The highest BCUT2D eigenvalue weighted by Crippen LogP contribution is 2.22. The van der Waals surface area contributed by atoms with Gasteiger partial charge >= 0.3 is 0 Å². The molecule has 1 fully saturated rings. The molecule has 2 heterocycles. The van der Waals surface area contributed by atoms with E-state index in [9.17, 15) is 4.79 Å². The third-order valence-electron chi connectivity index (χ3n) is 4.85. The van der Waals surface area contributed by atoms with E-state index in [-0.39, 0.29) is 11.9 Å². The molecule has 1 aliphatic heterocycles. The number of nitrogens with zero attached hydrogens (tertiary/aromatic N) is 1. The molecule has 1 saturated heterocycles. The summed E-state index contributed by atoms with van der Waals surface area (Å²) in [7, 11) is 0. The van der Waals surface area contributed by atoms with Crippen LogP contribution >= 0.6 is 0 Å². The molecule has 4 heteroatoms. The average molecular weight is 310 g/mol. The highest BCUT2D eigenvalue weighted by atomic mass is 16.4. The van der Waals surface area contributed by atoms with E-state index < -0.39 is 0 Å². The molecule has 0 saturated carbocycles. The van der Waals surface area contributed by atoms with E-state index >= 15 is 0 Å². The van der Waals surface area contributed by atoms with Crippen LogP contribution < -0.4 is 5.32 Å². The number of fused-ring (bicyclic) bond motifs is 1. The van der Waals surface area contributed by atoms with Crippen molar-refractivity contribution in [3.63, 3.8) is 0 Å². The Bertz CT molecular complexity index is 676. The Kier molecular flexibility index (Phi) is 3.92. The Morgan fingerprint density at radius 1 is 1.09 bits per heavy atom.